The molecule has 0 amide bonds. The summed E-state index contributed by atoms with van der Waals surface area (Å²) in [6.07, 6.45) is 7.09. The summed E-state index contributed by atoms with van der Waals surface area (Å²) in [4.78, 5) is 16.3. The number of aromatic amines is 1. The van der Waals surface area contributed by atoms with Gasteiger partial charge in [-0.3, -0.25) is 4.90 Å². The third kappa shape index (κ3) is 3.83. The Hall–Kier alpha value is -3.49. The van der Waals surface area contributed by atoms with Crippen LogP contribution in [0.1, 0.15) is 18.2 Å². The fourth-order valence-corrected chi connectivity index (χ4v) is 3.89. The van der Waals surface area contributed by atoms with Crippen molar-refractivity contribution in [3.8, 4) is 17.2 Å². The van der Waals surface area contributed by atoms with Gasteiger partial charge in [0, 0.05) is 47.6 Å². The number of H-pyrrole nitrogens is 1. The summed E-state index contributed by atoms with van der Waals surface area (Å²) in [5, 5.41) is 10.3. The number of likely N-dealkylation sites (tertiary alicyclic amines) is 1. The van der Waals surface area contributed by atoms with Gasteiger partial charge in [0.2, 0.25) is 0 Å². The number of nitrogens with one attached hydrogen (secondary N) is 1. The Balaban J connectivity index is 1.70. The lowest BCUT2D eigenvalue weighted by atomic mass is 9.95. The van der Waals surface area contributed by atoms with Crippen LogP contribution in [0.5, 0.6) is 0 Å². The first-order chi connectivity index (χ1) is 14.6. The molecule has 1 N–H and O–H groups in total. The molecule has 4 rings (SSSR count). The molecule has 1 fully saturated rings. The van der Waals surface area contributed by atoms with Gasteiger partial charge in [0.15, 0.2) is 0 Å². The summed E-state index contributed by atoms with van der Waals surface area (Å²) < 4.78 is 14.0. The van der Waals surface area contributed by atoms with Gasteiger partial charge in [-0.2, -0.15) is 5.26 Å². The smallest absolute Gasteiger partial charge is 0.125 e. The molecule has 0 unspecified atom stereocenters. The van der Waals surface area contributed by atoms with Crippen molar-refractivity contribution in [2.45, 2.75) is 6.92 Å². The predicted molar refractivity (Wildman–Crippen MR) is 117 cm³/mol. The highest BCUT2D eigenvalue weighted by atomic mass is 19.1. The first-order valence-electron chi connectivity index (χ1n) is 9.93. The summed E-state index contributed by atoms with van der Waals surface area (Å²) in [5.74, 6) is -0.140. The van der Waals surface area contributed by atoms with Crippen molar-refractivity contribution in [2.75, 3.05) is 19.6 Å². The van der Waals surface area contributed by atoms with Crippen LogP contribution in [0.3, 0.4) is 0 Å². The van der Waals surface area contributed by atoms with Crippen molar-refractivity contribution < 1.29 is 9.18 Å². The Morgan fingerprint density at radius 2 is 2.10 bits per heavy atom. The molecule has 1 aliphatic rings. The Labute approximate surface area is 174 Å². The maximum atomic E-state index is 14.0. The highest BCUT2D eigenvalue weighted by molar-refractivity contribution is 6.02. The molecule has 2 heterocycles. The molecule has 1 aliphatic heterocycles. The number of halogens is 1. The molecule has 0 radical (unpaired) electrons. The van der Waals surface area contributed by atoms with Crippen molar-refractivity contribution in [3.63, 3.8) is 0 Å². The van der Waals surface area contributed by atoms with Gasteiger partial charge in [-0.1, -0.05) is 36.4 Å². The average molecular weight is 399 g/mol. The molecule has 1 aromatic heterocycles. The minimum Gasteiger partial charge on any atom is -0.354 e. The van der Waals surface area contributed by atoms with Crippen LogP contribution in [-0.2, 0) is 4.79 Å². The molecule has 150 valence electrons. The number of fused-ring (bicyclic) bond motifs is 1. The first kappa shape index (κ1) is 19.8. The van der Waals surface area contributed by atoms with Gasteiger partial charge in [0.25, 0.3) is 0 Å². The molecular weight excluding hydrogens is 377 g/mol. The average Bonchev–Trinajstić information content (AvgIpc) is 3.10. The number of benzene rings is 2. The topological polar surface area (TPSA) is 59.9 Å². The zero-order valence-electron chi connectivity index (χ0n) is 16.7. The summed E-state index contributed by atoms with van der Waals surface area (Å²) >= 11 is 0. The summed E-state index contributed by atoms with van der Waals surface area (Å²) in [5.41, 5.74) is 4.85. The van der Waals surface area contributed by atoms with Crippen LogP contribution in [-0.4, -0.2) is 35.8 Å². The molecule has 3 aromatic rings. The van der Waals surface area contributed by atoms with Gasteiger partial charge in [-0.15, -0.1) is 0 Å². The van der Waals surface area contributed by atoms with Crippen LogP contribution in [0, 0.1) is 23.1 Å². The second-order valence-electron chi connectivity index (χ2n) is 7.61. The van der Waals surface area contributed by atoms with Crippen molar-refractivity contribution in [3.05, 3.63) is 77.8 Å². The highest BCUT2D eigenvalue weighted by Gasteiger charge is 2.24. The summed E-state index contributed by atoms with van der Waals surface area (Å²) in [6, 6.07) is 14.3. The summed E-state index contributed by atoms with van der Waals surface area (Å²) in [6.45, 7) is 4.44. The number of allylic oxidation sites excluding steroid dienone is 3. The van der Waals surface area contributed by atoms with Crippen molar-refractivity contribution >= 4 is 22.8 Å². The minimum absolute atomic E-state index is 0.171. The molecule has 0 aliphatic carbocycles. The standard InChI is InChI=1S/C25H22FN3O/c1-17(6-4-5-11-29-14-18(15-29)16-30)25-24(21-8-3-2-7-19(21)13-27)22-12-20(26)9-10-23(22)28-25/h2-10,12,16,18,28H,11,14-15H2,1H3/b5-4-,17-6+. The summed E-state index contributed by atoms with van der Waals surface area (Å²) in [7, 11) is 0. The minimum atomic E-state index is -0.312. The van der Waals surface area contributed by atoms with E-state index in [1.165, 1.54) is 12.1 Å². The van der Waals surface area contributed by atoms with E-state index in [0.29, 0.717) is 5.56 Å². The van der Waals surface area contributed by atoms with Gasteiger partial charge < -0.3 is 9.78 Å². The van der Waals surface area contributed by atoms with Crippen molar-refractivity contribution in [1.82, 2.24) is 9.88 Å². The van der Waals surface area contributed by atoms with Gasteiger partial charge in [-0.25, -0.2) is 4.39 Å². The second-order valence-corrected chi connectivity index (χ2v) is 7.61. The van der Waals surface area contributed by atoms with Crippen molar-refractivity contribution in [1.29, 1.82) is 5.26 Å². The predicted octanol–water partition coefficient (Wildman–Crippen LogP) is 4.94. The quantitative estimate of drug-likeness (QED) is 0.472. The highest BCUT2D eigenvalue weighted by Crippen LogP contribution is 2.37. The first-order valence-corrected chi connectivity index (χ1v) is 9.93. The van der Waals surface area contributed by atoms with Crippen LogP contribution in [0.25, 0.3) is 27.6 Å². The fourth-order valence-electron chi connectivity index (χ4n) is 3.89. The molecule has 0 bridgehead atoms. The Morgan fingerprint density at radius 3 is 2.87 bits per heavy atom. The Bertz CT molecular complexity index is 1190. The van der Waals surface area contributed by atoms with Gasteiger partial charge in [-0.05, 0) is 36.8 Å². The molecule has 1 saturated heterocycles. The molecule has 0 saturated carbocycles. The van der Waals surface area contributed by atoms with Crippen LogP contribution < -0.4 is 0 Å². The van der Waals surface area contributed by atoms with E-state index in [4.69, 9.17) is 0 Å². The lowest BCUT2D eigenvalue weighted by molar-refractivity contribution is -0.115. The zero-order valence-corrected chi connectivity index (χ0v) is 16.7. The van der Waals surface area contributed by atoms with E-state index in [2.05, 4.69) is 22.0 Å². The number of aromatic nitrogens is 1. The van der Waals surface area contributed by atoms with Gasteiger partial charge in [0.05, 0.1) is 17.3 Å². The Kier molecular flexibility index (Phi) is 5.60. The van der Waals surface area contributed by atoms with E-state index in [1.54, 1.807) is 12.1 Å². The second kappa shape index (κ2) is 8.48. The number of nitrogens with zero attached hydrogens (tertiary/aromatic N) is 2. The number of hydrogen-bond donors (Lipinski definition) is 1. The number of aldehydes is 1. The van der Waals surface area contributed by atoms with E-state index in [9.17, 15) is 14.4 Å². The number of rotatable bonds is 6. The number of carbonyl (C=O) groups is 1. The van der Waals surface area contributed by atoms with E-state index in [0.717, 1.165) is 59.2 Å². The molecule has 5 heteroatoms. The molecule has 4 nitrogen and oxygen atoms in total. The number of hydrogen-bond acceptors (Lipinski definition) is 3. The normalized spacial score (nSPS) is 15.4. The molecule has 0 spiro atoms. The lowest BCUT2D eigenvalue weighted by Gasteiger charge is -2.35. The third-order valence-electron chi connectivity index (χ3n) is 5.50. The van der Waals surface area contributed by atoms with E-state index < -0.39 is 0 Å². The SMILES string of the molecule is C/C(=C\C=C/CN1CC(C=O)C1)c1[nH]c2ccc(F)cc2c1-c1ccccc1C#N. The number of carbonyl (C=O) groups excluding carboxylic acids is 1. The fraction of sp³-hybridized carbons (Fsp3) is 0.200. The Morgan fingerprint density at radius 1 is 1.30 bits per heavy atom. The van der Waals surface area contributed by atoms with Crippen LogP contribution in [0.2, 0.25) is 0 Å². The van der Waals surface area contributed by atoms with Crippen LogP contribution >= 0.6 is 0 Å². The monoisotopic (exact) mass is 399 g/mol. The molecule has 30 heavy (non-hydrogen) atoms. The molecular formula is C25H22FN3O. The number of nitriles is 1. The van der Waals surface area contributed by atoms with Crippen molar-refractivity contribution in [2.24, 2.45) is 5.92 Å². The third-order valence-corrected chi connectivity index (χ3v) is 5.50. The van der Waals surface area contributed by atoms with Gasteiger partial charge in [0.1, 0.15) is 12.1 Å². The van der Waals surface area contributed by atoms with E-state index in [1.807, 2.05) is 37.3 Å². The molecule has 0 atom stereocenters. The largest absolute Gasteiger partial charge is 0.354 e. The van der Waals surface area contributed by atoms with Gasteiger partial charge >= 0.3 is 0 Å². The van der Waals surface area contributed by atoms with Crippen LogP contribution in [0.15, 0.2) is 60.7 Å². The van der Waals surface area contributed by atoms with E-state index in [-0.39, 0.29) is 11.7 Å². The van der Waals surface area contributed by atoms with Crippen LogP contribution in [0.4, 0.5) is 4.39 Å². The zero-order chi connectivity index (χ0) is 21.1. The van der Waals surface area contributed by atoms with E-state index >= 15 is 0 Å². The maximum Gasteiger partial charge on any atom is 0.125 e. The maximum absolute atomic E-state index is 14.0. The lowest BCUT2D eigenvalue weighted by Crippen LogP contribution is -2.47. The molecule has 2 aromatic carbocycles.